The van der Waals surface area contributed by atoms with E-state index < -0.39 is 0 Å². The number of aromatic nitrogens is 3. The van der Waals surface area contributed by atoms with E-state index in [1.165, 1.54) is 11.8 Å². The highest BCUT2D eigenvalue weighted by Gasteiger charge is 2.20. The molecule has 4 rings (SSSR count). The summed E-state index contributed by atoms with van der Waals surface area (Å²) in [6, 6.07) is 23.0. The second-order valence-electron chi connectivity index (χ2n) is 8.98. The molecule has 0 spiro atoms. The molecule has 0 bridgehead atoms. The van der Waals surface area contributed by atoms with Crippen LogP contribution in [-0.2, 0) is 10.2 Å². The largest absolute Gasteiger partial charge is 0.497 e. The first kappa shape index (κ1) is 24.8. The fourth-order valence-corrected chi connectivity index (χ4v) is 4.58. The van der Waals surface area contributed by atoms with Crippen LogP contribution in [0.1, 0.15) is 26.3 Å². The molecule has 0 aliphatic carbocycles. The Balaban J connectivity index is 1.61. The van der Waals surface area contributed by atoms with Crippen LogP contribution in [0, 0.1) is 0 Å². The summed E-state index contributed by atoms with van der Waals surface area (Å²) in [5.41, 5.74) is 3.52. The number of benzene rings is 3. The summed E-state index contributed by atoms with van der Waals surface area (Å²) in [7, 11) is 1.63. The number of hydrogen-bond acceptors (Lipinski definition) is 5. The molecule has 0 saturated heterocycles. The molecule has 0 aliphatic rings. The van der Waals surface area contributed by atoms with Crippen molar-refractivity contribution in [2.45, 2.75) is 31.3 Å². The maximum absolute atomic E-state index is 12.9. The second kappa shape index (κ2) is 10.5. The maximum atomic E-state index is 12.9. The first-order chi connectivity index (χ1) is 16.8. The Morgan fingerprint density at radius 1 is 1.03 bits per heavy atom. The summed E-state index contributed by atoms with van der Waals surface area (Å²) >= 11 is 7.44. The van der Waals surface area contributed by atoms with E-state index in [9.17, 15) is 4.79 Å². The van der Waals surface area contributed by atoms with Crippen molar-refractivity contribution in [3.63, 3.8) is 0 Å². The van der Waals surface area contributed by atoms with Gasteiger partial charge in [0.25, 0.3) is 0 Å². The smallest absolute Gasteiger partial charge is 0.234 e. The molecule has 0 atom stereocenters. The molecule has 35 heavy (non-hydrogen) atoms. The SMILES string of the molecule is COc1cccc(-c2nnc(SCC(=O)Nc3ccccc3C(C)(C)C)n2-c2ccc(Cl)cc2)c1. The fourth-order valence-electron chi connectivity index (χ4n) is 3.70. The molecular weight excluding hydrogens is 480 g/mol. The van der Waals surface area contributed by atoms with E-state index in [4.69, 9.17) is 16.3 Å². The number of ether oxygens (including phenoxy) is 1. The van der Waals surface area contributed by atoms with Gasteiger partial charge < -0.3 is 10.1 Å². The van der Waals surface area contributed by atoms with Crippen molar-refractivity contribution in [2.75, 3.05) is 18.2 Å². The Bertz CT molecular complexity index is 1330. The topological polar surface area (TPSA) is 69.0 Å². The molecule has 6 nitrogen and oxygen atoms in total. The number of rotatable bonds is 7. The third kappa shape index (κ3) is 5.86. The van der Waals surface area contributed by atoms with Crippen LogP contribution in [0.2, 0.25) is 5.02 Å². The lowest BCUT2D eigenvalue weighted by molar-refractivity contribution is -0.113. The van der Waals surface area contributed by atoms with E-state index in [1.807, 2.05) is 77.4 Å². The minimum atomic E-state index is -0.111. The number of nitrogens with zero attached hydrogens (tertiary/aromatic N) is 3. The third-order valence-corrected chi connectivity index (χ3v) is 6.57. The van der Waals surface area contributed by atoms with Gasteiger partial charge in [0.15, 0.2) is 11.0 Å². The minimum absolute atomic E-state index is 0.0859. The molecule has 4 aromatic rings. The Hall–Kier alpha value is -3.29. The van der Waals surface area contributed by atoms with Gasteiger partial charge in [0.05, 0.1) is 12.9 Å². The summed E-state index contributed by atoms with van der Waals surface area (Å²) < 4.78 is 7.30. The predicted octanol–water partition coefficient (Wildman–Crippen LogP) is 6.62. The molecule has 3 aromatic carbocycles. The van der Waals surface area contributed by atoms with Gasteiger partial charge in [-0.3, -0.25) is 9.36 Å². The van der Waals surface area contributed by atoms with Crippen LogP contribution in [-0.4, -0.2) is 33.5 Å². The normalized spacial score (nSPS) is 11.3. The van der Waals surface area contributed by atoms with Crippen LogP contribution in [0.4, 0.5) is 5.69 Å². The number of hydrogen-bond donors (Lipinski definition) is 1. The average molecular weight is 507 g/mol. The molecule has 180 valence electrons. The van der Waals surface area contributed by atoms with Gasteiger partial charge in [-0.1, -0.05) is 74.5 Å². The van der Waals surface area contributed by atoms with Crippen molar-refractivity contribution in [1.82, 2.24) is 14.8 Å². The molecule has 0 saturated carbocycles. The van der Waals surface area contributed by atoms with Gasteiger partial charge in [-0.25, -0.2) is 0 Å². The van der Waals surface area contributed by atoms with Crippen molar-refractivity contribution < 1.29 is 9.53 Å². The number of halogens is 1. The van der Waals surface area contributed by atoms with E-state index in [2.05, 4.69) is 36.3 Å². The van der Waals surface area contributed by atoms with E-state index in [0.717, 1.165) is 28.3 Å². The lowest BCUT2D eigenvalue weighted by Gasteiger charge is -2.23. The monoisotopic (exact) mass is 506 g/mol. The van der Waals surface area contributed by atoms with Crippen molar-refractivity contribution in [2.24, 2.45) is 0 Å². The number of methoxy groups -OCH3 is 1. The van der Waals surface area contributed by atoms with Gasteiger partial charge in [-0.2, -0.15) is 0 Å². The number of carbonyl (C=O) groups excluding carboxylic acids is 1. The molecule has 0 aliphatic heterocycles. The predicted molar refractivity (Wildman–Crippen MR) is 143 cm³/mol. The zero-order valence-corrected chi connectivity index (χ0v) is 21.7. The fraction of sp³-hybridized carbons (Fsp3) is 0.222. The highest BCUT2D eigenvalue weighted by atomic mass is 35.5. The van der Waals surface area contributed by atoms with Crippen molar-refractivity contribution in [3.05, 3.63) is 83.4 Å². The van der Waals surface area contributed by atoms with Crippen molar-refractivity contribution >= 4 is 35.0 Å². The number of nitrogens with one attached hydrogen (secondary N) is 1. The van der Waals surface area contributed by atoms with Gasteiger partial charge in [-0.05, 0) is 53.4 Å². The van der Waals surface area contributed by atoms with Crippen LogP contribution >= 0.6 is 23.4 Å². The van der Waals surface area contributed by atoms with E-state index in [-0.39, 0.29) is 17.1 Å². The first-order valence-corrected chi connectivity index (χ1v) is 12.5. The lowest BCUT2D eigenvalue weighted by atomic mass is 9.86. The number of thioether (sulfide) groups is 1. The molecule has 1 heterocycles. The molecule has 0 fully saturated rings. The second-order valence-corrected chi connectivity index (χ2v) is 10.4. The van der Waals surface area contributed by atoms with Gasteiger partial charge in [-0.15, -0.1) is 10.2 Å². The van der Waals surface area contributed by atoms with Crippen molar-refractivity contribution in [1.29, 1.82) is 0 Å². The number of amides is 1. The van der Waals surface area contributed by atoms with Crippen LogP contribution in [0.15, 0.2) is 78.0 Å². The van der Waals surface area contributed by atoms with Gasteiger partial charge in [0, 0.05) is 22.0 Å². The summed E-state index contributed by atoms with van der Waals surface area (Å²) in [6.45, 7) is 6.38. The molecule has 1 N–H and O–H groups in total. The number of anilines is 1. The molecule has 1 amide bonds. The van der Waals surface area contributed by atoms with Gasteiger partial charge in [0.1, 0.15) is 5.75 Å². The summed E-state index contributed by atoms with van der Waals surface area (Å²) in [5.74, 6) is 1.44. The summed E-state index contributed by atoms with van der Waals surface area (Å²) in [4.78, 5) is 12.9. The Kier molecular flexibility index (Phi) is 7.48. The highest BCUT2D eigenvalue weighted by Crippen LogP contribution is 2.32. The molecule has 0 radical (unpaired) electrons. The van der Waals surface area contributed by atoms with E-state index in [0.29, 0.717) is 16.0 Å². The summed E-state index contributed by atoms with van der Waals surface area (Å²) in [5, 5.41) is 13.1. The number of carbonyl (C=O) groups is 1. The average Bonchev–Trinajstić information content (AvgIpc) is 3.27. The van der Waals surface area contributed by atoms with E-state index >= 15 is 0 Å². The van der Waals surface area contributed by atoms with Crippen molar-refractivity contribution in [3.8, 4) is 22.8 Å². The van der Waals surface area contributed by atoms with Gasteiger partial charge >= 0.3 is 0 Å². The highest BCUT2D eigenvalue weighted by molar-refractivity contribution is 7.99. The zero-order chi connectivity index (χ0) is 25.0. The molecular formula is C27H27ClN4O2S. The third-order valence-electron chi connectivity index (χ3n) is 5.39. The molecule has 0 unspecified atom stereocenters. The molecule has 1 aromatic heterocycles. The summed E-state index contributed by atoms with van der Waals surface area (Å²) in [6.07, 6.45) is 0. The Morgan fingerprint density at radius 3 is 2.49 bits per heavy atom. The standard InChI is InChI=1S/C27H27ClN4O2S/c1-27(2,3)22-10-5-6-11-23(22)29-24(33)17-35-26-31-30-25(18-8-7-9-21(16-18)34-4)32(26)20-14-12-19(28)13-15-20/h5-16H,17H2,1-4H3,(H,29,33). The van der Waals surface area contributed by atoms with Crippen LogP contribution in [0.3, 0.4) is 0 Å². The minimum Gasteiger partial charge on any atom is -0.497 e. The van der Waals surface area contributed by atoms with Crippen LogP contribution in [0.5, 0.6) is 5.75 Å². The molecule has 8 heteroatoms. The van der Waals surface area contributed by atoms with Crippen LogP contribution in [0.25, 0.3) is 17.1 Å². The first-order valence-electron chi connectivity index (χ1n) is 11.1. The Labute approximate surface area is 214 Å². The number of para-hydroxylation sites is 1. The maximum Gasteiger partial charge on any atom is 0.234 e. The van der Waals surface area contributed by atoms with Crippen LogP contribution < -0.4 is 10.1 Å². The van der Waals surface area contributed by atoms with E-state index in [1.54, 1.807) is 7.11 Å². The van der Waals surface area contributed by atoms with Gasteiger partial charge in [0.2, 0.25) is 5.91 Å². The lowest BCUT2D eigenvalue weighted by Crippen LogP contribution is -2.20. The zero-order valence-electron chi connectivity index (χ0n) is 20.1. The quantitative estimate of drug-likeness (QED) is 0.285. The Morgan fingerprint density at radius 2 is 1.77 bits per heavy atom.